The molecule has 122 valence electrons. The fourth-order valence-electron chi connectivity index (χ4n) is 3.17. The smallest absolute Gasteiger partial charge is 0.191 e. The molecule has 1 aromatic heterocycles. The van der Waals surface area contributed by atoms with Crippen LogP contribution in [0.5, 0.6) is 0 Å². The second-order valence-electron chi connectivity index (χ2n) is 6.34. The van der Waals surface area contributed by atoms with Crippen molar-refractivity contribution in [1.82, 2.24) is 14.8 Å². The Morgan fingerprint density at radius 1 is 1.22 bits per heavy atom. The Labute approximate surface area is 141 Å². The first kappa shape index (κ1) is 16.2. The zero-order chi connectivity index (χ0) is 16.6. The quantitative estimate of drug-likeness (QED) is 0.592. The lowest BCUT2D eigenvalue weighted by Gasteiger charge is -2.10. The maximum atomic E-state index is 12.6. The van der Waals surface area contributed by atoms with Gasteiger partial charge in [-0.25, -0.2) is 0 Å². The van der Waals surface area contributed by atoms with Crippen LogP contribution in [0, 0.1) is 20.8 Å². The number of carbonyl (C=O) groups is 1. The molecular weight excluding hydrogens is 306 g/mol. The van der Waals surface area contributed by atoms with E-state index in [2.05, 4.69) is 40.7 Å². The summed E-state index contributed by atoms with van der Waals surface area (Å²) in [5.41, 5.74) is 4.17. The summed E-state index contributed by atoms with van der Waals surface area (Å²) in [6, 6.07) is 4.15. The summed E-state index contributed by atoms with van der Waals surface area (Å²) in [6.45, 7) is 9.05. The molecule has 0 amide bonds. The van der Waals surface area contributed by atoms with E-state index in [9.17, 15) is 4.79 Å². The van der Waals surface area contributed by atoms with Crippen LogP contribution in [0.3, 0.4) is 0 Å². The fourth-order valence-corrected chi connectivity index (χ4v) is 4.05. The number of ketones is 1. The van der Waals surface area contributed by atoms with Gasteiger partial charge in [0.05, 0.1) is 5.75 Å². The third-order valence-corrected chi connectivity index (χ3v) is 5.26. The van der Waals surface area contributed by atoms with Crippen LogP contribution in [0.15, 0.2) is 17.3 Å². The minimum Gasteiger partial charge on any atom is -0.306 e. The van der Waals surface area contributed by atoms with Crippen molar-refractivity contribution in [3.8, 4) is 0 Å². The third-order valence-electron chi connectivity index (χ3n) is 4.29. The molecule has 1 fully saturated rings. The Morgan fingerprint density at radius 2 is 1.87 bits per heavy atom. The zero-order valence-electron chi connectivity index (χ0n) is 14.2. The first-order valence-electron chi connectivity index (χ1n) is 8.18. The molecule has 0 N–H and O–H groups in total. The summed E-state index contributed by atoms with van der Waals surface area (Å²) >= 11 is 1.50. The van der Waals surface area contributed by atoms with E-state index >= 15 is 0 Å². The average molecular weight is 329 g/mol. The maximum absolute atomic E-state index is 12.6. The number of Topliss-reactive ketones (excluding diaryl/α,β-unsaturated/α-hetero) is 1. The van der Waals surface area contributed by atoms with Crippen LogP contribution in [-0.2, 0) is 6.54 Å². The number of nitrogens with zero attached hydrogens (tertiary/aromatic N) is 3. The zero-order valence-corrected chi connectivity index (χ0v) is 15.0. The molecule has 0 saturated heterocycles. The van der Waals surface area contributed by atoms with Gasteiger partial charge < -0.3 is 4.57 Å². The van der Waals surface area contributed by atoms with Gasteiger partial charge in [0, 0.05) is 18.0 Å². The molecule has 2 aromatic rings. The molecule has 1 aliphatic rings. The average Bonchev–Trinajstić information content (AvgIpc) is 3.24. The van der Waals surface area contributed by atoms with Gasteiger partial charge in [-0.1, -0.05) is 29.5 Å². The molecular formula is C18H23N3OS. The van der Waals surface area contributed by atoms with E-state index in [0.717, 1.165) is 34.2 Å². The highest BCUT2D eigenvalue weighted by Crippen LogP contribution is 2.40. The molecule has 5 heteroatoms. The minimum atomic E-state index is 0.170. The molecule has 3 rings (SSSR count). The van der Waals surface area contributed by atoms with Crippen molar-refractivity contribution >= 4 is 17.5 Å². The van der Waals surface area contributed by atoms with E-state index in [1.54, 1.807) is 0 Å². The number of benzene rings is 1. The topological polar surface area (TPSA) is 47.8 Å². The number of aryl methyl sites for hydroxylation is 3. The second kappa shape index (κ2) is 6.48. The monoisotopic (exact) mass is 329 g/mol. The van der Waals surface area contributed by atoms with Crippen LogP contribution < -0.4 is 0 Å². The molecule has 0 spiro atoms. The molecule has 0 aliphatic heterocycles. The standard InChI is InChI=1S/C18H23N3OS/c1-5-21-17(14-6-7-14)19-20-18(21)23-10-15(22)16-12(3)8-11(2)9-13(16)4/h8-9,14H,5-7,10H2,1-4H3. The molecule has 1 aromatic carbocycles. The van der Waals surface area contributed by atoms with E-state index in [0.29, 0.717) is 11.7 Å². The van der Waals surface area contributed by atoms with E-state index in [4.69, 9.17) is 0 Å². The summed E-state index contributed by atoms with van der Waals surface area (Å²) in [7, 11) is 0. The van der Waals surface area contributed by atoms with Gasteiger partial charge >= 0.3 is 0 Å². The maximum Gasteiger partial charge on any atom is 0.191 e. The normalized spacial score (nSPS) is 14.3. The van der Waals surface area contributed by atoms with Crippen molar-refractivity contribution in [1.29, 1.82) is 0 Å². The number of aromatic nitrogens is 3. The van der Waals surface area contributed by atoms with Crippen LogP contribution in [0.25, 0.3) is 0 Å². The van der Waals surface area contributed by atoms with Crippen molar-refractivity contribution in [3.63, 3.8) is 0 Å². The number of hydrogen-bond donors (Lipinski definition) is 0. The summed E-state index contributed by atoms with van der Waals surface area (Å²) in [5, 5.41) is 9.49. The van der Waals surface area contributed by atoms with Gasteiger partial charge in [0.25, 0.3) is 0 Å². The summed E-state index contributed by atoms with van der Waals surface area (Å²) in [5.74, 6) is 2.25. The molecule has 1 saturated carbocycles. The minimum absolute atomic E-state index is 0.170. The molecule has 0 bridgehead atoms. The van der Waals surface area contributed by atoms with Crippen LogP contribution in [0.2, 0.25) is 0 Å². The van der Waals surface area contributed by atoms with Gasteiger partial charge in [-0.2, -0.15) is 0 Å². The van der Waals surface area contributed by atoms with Crippen LogP contribution in [0.4, 0.5) is 0 Å². The highest BCUT2D eigenvalue weighted by molar-refractivity contribution is 7.99. The molecule has 1 heterocycles. The van der Waals surface area contributed by atoms with Gasteiger partial charge in [-0.3, -0.25) is 4.79 Å². The lowest BCUT2D eigenvalue weighted by molar-refractivity contribution is 0.102. The highest BCUT2D eigenvalue weighted by Gasteiger charge is 2.30. The first-order valence-corrected chi connectivity index (χ1v) is 9.16. The van der Waals surface area contributed by atoms with Crippen molar-refractivity contribution in [3.05, 3.63) is 40.2 Å². The third kappa shape index (κ3) is 3.34. The largest absolute Gasteiger partial charge is 0.306 e. The van der Waals surface area contributed by atoms with Gasteiger partial charge in [-0.05, 0) is 51.7 Å². The summed E-state index contributed by atoms with van der Waals surface area (Å²) in [4.78, 5) is 12.6. The van der Waals surface area contributed by atoms with Crippen LogP contribution in [0.1, 0.15) is 58.6 Å². The molecule has 1 aliphatic carbocycles. The second-order valence-corrected chi connectivity index (χ2v) is 7.29. The van der Waals surface area contributed by atoms with Crippen molar-refractivity contribution < 1.29 is 4.79 Å². The van der Waals surface area contributed by atoms with E-state index < -0.39 is 0 Å². The highest BCUT2D eigenvalue weighted by atomic mass is 32.2. The number of carbonyl (C=O) groups excluding carboxylic acids is 1. The Hall–Kier alpha value is -1.62. The number of hydrogen-bond acceptors (Lipinski definition) is 4. The lowest BCUT2D eigenvalue weighted by atomic mass is 9.97. The van der Waals surface area contributed by atoms with E-state index in [-0.39, 0.29) is 5.78 Å². The lowest BCUT2D eigenvalue weighted by Crippen LogP contribution is -2.09. The Morgan fingerprint density at radius 3 is 2.43 bits per heavy atom. The summed E-state index contributed by atoms with van der Waals surface area (Å²) < 4.78 is 2.16. The fraction of sp³-hybridized carbons (Fsp3) is 0.500. The SMILES string of the molecule is CCn1c(SCC(=O)c2c(C)cc(C)cc2C)nnc1C1CC1. The predicted molar refractivity (Wildman–Crippen MR) is 93.4 cm³/mol. The van der Waals surface area contributed by atoms with Gasteiger partial charge in [0.1, 0.15) is 5.82 Å². The summed E-state index contributed by atoms with van der Waals surface area (Å²) in [6.07, 6.45) is 2.42. The molecule has 0 radical (unpaired) electrons. The first-order chi connectivity index (χ1) is 11.0. The Kier molecular flexibility index (Phi) is 4.57. The van der Waals surface area contributed by atoms with Crippen LogP contribution >= 0.6 is 11.8 Å². The van der Waals surface area contributed by atoms with Crippen molar-refractivity contribution in [2.75, 3.05) is 5.75 Å². The number of thioether (sulfide) groups is 1. The molecule has 0 atom stereocenters. The van der Waals surface area contributed by atoms with Gasteiger partial charge in [0.2, 0.25) is 0 Å². The molecule has 23 heavy (non-hydrogen) atoms. The Bertz CT molecular complexity index is 724. The van der Waals surface area contributed by atoms with Crippen molar-refractivity contribution in [2.45, 2.75) is 58.2 Å². The predicted octanol–water partition coefficient (Wildman–Crippen LogP) is 4.08. The van der Waals surface area contributed by atoms with E-state index in [1.807, 2.05) is 13.8 Å². The number of rotatable bonds is 6. The van der Waals surface area contributed by atoms with Crippen molar-refractivity contribution in [2.24, 2.45) is 0 Å². The van der Waals surface area contributed by atoms with E-state index in [1.165, 1.54) is 30.2 Å². The van der Waals surface area contributed by atoms with Gasteiger partial charge in [-0.15, -0.1) is 10.2 Å². The van der Waals surface area contributed by atoms with Gasteiger partial charge in [0.15, 0.2) is 10.9 Å². The molecule has 4 nitrogen and oxygen atoms in total. The molecule has 0 unspecified atom stereocenters. The van der Waals surface area contributed by atoms with Crippen LogP contribution in [-0.4, -0.2) is 26.3 Å². The Balaban J connectivity index is 1.75.